The van der Waals surface area contributed by atoms with Crippen LogP contribution >= 0.6 is 0 Å². The number of fused-ring (bicyclic) bond motifs is 1. The Bertz CT molecular complexity index is 1440. The first-order valence-corrected chi connectivity index (χ1v) is 13.7. The number of carbonyl (C=O) groups is 1. The van der Waals surface area contributed by atoms with Gasteiger partial charge in [-0.3, -0.25) is 14.7 Å². The van der Waals surface area contributed by atoms with Gasteiger partial charge in [0.05, 0.1) is 11.0 Å². The lowest BCUT2D eigenvalue weighted by molar-refractivity contribution is -0.138. The lowest BCUT2D eigenvalue weighted by Crippen LogP contribution is -2.45. The van der Waals surface area contributed by atoms with E-state index in [-0.39, 0.29) is 17.8 Å². The van der Waals surface area contributed by atoms with E-state index in [1.807, 2.05) is 32.2 Å². The predicted molar refractivity (Wildman–Crippen MR) is 146 cm³/mol. The van der Waals surface area contributed by atoms with Gasteiger partial charge in [-0.15, -0.1) is 0 Å². The minimum Gasteiger partial charge on any atom is -0.357 e. The molecule has 8 heteroatoms. The van der Waals surface area contributed by atoms with Gasteiger partial charge in [-0.2, -0.15) is 0 Å². The van der Waals surface area contributed by atoms with Crippen LogP contribution in [0.3, 0.4) is 0 Å². The Morgan fingerprint density at radius 3 is 2.53 bits per heavy atom. The second kappa shape index (κ2) is 10.3. The van der Waals surface area contributed by atoms with Crippen LogP contribution in [0.1, 0.15) is 42.9 Å². The molecular formula is C30H35FN6O. The molecule has 7 nitrogen and oxygen atoms in total. The van der Waals surface area contributed by atoms with Gasteiger partial charge < -0.3 is 14.0 Å². The Kier molecular flexibility index (Phi) is 6.74. The van der Waals surface area contributed by atoms with Crippen molar-refractivity contribution in [2.45, 2.75) is 45.2 Å². The summed E-state index contributed by atoms with van der Waals surface area (Å²) >= 11 is 0. The van der Waals surface area contributed by atoms with Crippen molar-refractivity contribution in [2.75, 3.05) is 26.2 Å². The van der Waals surface area contributed by atoms with Crippen LogP contribution < -0.4 is 0 Å². The number of aryl methyl sites for hydroxylation is 2. The van der Waals surface area contributed by atoms with Crippen molar-refractivity contribution in [1.29, 1.82) is 0 Å². The third-order valence-corrected chi connectivity index (χ3v) is 8.17. The first-order chi connectivity index (χ1) is 18.4. The first kappa shape index (κ1) is 24.8. The quantitative estimate of drug-likeness (QED) is 0.378. The topological polar surface area (TPSA) is 59.2 Å². The molecule has 3 aromatic heterocycles. The largest absolute Gasteiger partial charge is 0.357 e. The lowest BCUT2D eigenvalue weighted by atomic mass is 9.93. The number of rotatable bonds is 5. The molecule has 0 unspecified atom stereocenters. The molecule has 1 amide bonds. The fraction of sp³-hybridized carbons (Fsp3) is 0.433. The highest BCUT2D eigenvalue weighted by Gasteiger charge is 2.32. The number of hydrogen-bond donors (Lipinski definition) is 0. The molecule has 0 aliphatic carbocycles. The zero-order chi connectivity index (χ0) is 26.2. The summed E-state index contributed by atoms with van der Waals surface area (Å²) < 4.78 is 18.3. The van der Waals surface area contributed by atoms with E-state index in [1.165, 1.54) is 17.7 Å². The Hall–Kier alpha value is -3.52. The van der Waals surface area contributed by atoms with Crippen LogP contribution in [0.2, 0.25) is 0 Å². The van der Waals surface area contributed by atoms with Crippen molar-refractivity contribution in [3.63, 3.8) is 0 Å². The van der Waals surface area contributed by atoms with Gasteiger partial charge in [-0.1, -0.05) is 0 Å². The number of hydrogen-bond acceptors (Lipinski definition) is 4. The normalized spacial score (nSPS) is 17.9. The summed E-state index contributed by atoms with van der Waals surface area (Å²) in [6.45, 7) is 6.38. The van der Waals surface area contributed by atoms with E-state index in [0.717, 1.165) is 81.0 Å². The second-order valence-corrected chi connectivity index (χ2v) is 10.9. The molecule has 2 saturated heterocycles. The molecule has 6 rings (SSSR count). The van der Waals surface area contributed by atoms with Gasteiger partial charge in [0.1, 0.15) is 11.5 Å². The summed E-state index contributed by atoms with van der Waals surface area (Å²) in [5.74, 6) is 0.898. The molecule has 4 aromatic rings. The molecule has 2 fully saturated rings. The standard InChI is InChI=1S/C30H35FN6O/c1-21-5-11-32-27(17-21)29-33-26-18-24(31)3-4-28(26)37(29)25-9-15-36(16-10-25)30(38)23-7-13-35(14-8-23)20-22-6-12-34(2)19-22/h3-6,11-12,17-19,23,25H,7-10,13-16,20H2,1-2H3. The van der Waals surface area contributed by atoms with Crippen molar-refractivity contribution in [2.24, 2.45) is 13.0 Å². The van der Waals surface area contributed by atoms with Crippen molar-refractivity contribution in [3.05, 3.63) is 71.9 Å². The minimum absolute atomic E-state index is 0.114. The number of likely N-dealkylation sites (tertiary alicyclic amines) is 2. The van der Waals surface area contributed by atoms with Crippen LogP contribution in [0.5, 0.6) is 0 Å². The number of nitrogens with zero attached hydrogens (tertiary/aromatic N) is 6. The zero-order valence-corrected chi connectivity index (χ0v) is 22.2. The SMILES string of the molecule is Cc1ccnc(-c2nc3cc(F)ccc3n2C2CCN(C(=O)C3CCN(Cc4ccn(C)c4)CC3)CC2)c1. The maximum absolute atomic E-state index is 14.0. The molecule has 2 aliphatic rings. The summed E-state index contributed by atoms with van der Waals surface area (Å²) in [5, 5.41) is 0. The highest BCUT2D eigenvalue weighted by atomic mass is 19.1. The van der Waals surface area contributed by atoms with E-state index < -0.39 is 0 Å². The van der Waals surface area contributed by atoms with Crippen molar-refractivity contribution < 1.29 is 9.18 Å². The minimum atomic E-state index is -0.291. The molecule has 0 bridgehead atoms. The number of aromatic nitrogens is 4. The molecule has 0 radical (unpaired) electrons. The van der Waals surface area contributed by atoms with Crippen LogP contribution in [-0.4, -0.2) is 61.0 Å². The maximum atomic E-state index is 14.0. The summed E-state index contributed by atoms with van der Waals surface area (Å²) in [6, 6.07) is 11.1. The van der Waals surface area contributed by atoms with Crippen LogP contribution in [0, 0.1) is 18.7 Å². The van der Waals surface area contributed by atoms with Crippen LogP contribution in [0.15, 0.2) is 55.0 Å². The summed E-state index contributed by atoms with van der Waals surface area (Å²) in [7, 11) is 2.05. The second-order valence-electron chi connectivity index (χ2n) is 10.9. The summed E-state index contributed by atoms with van der Waals surface area (Å²) in [4.78, 5) is 27.3. The molecule has 198 valence electrons. The molecular weight excluding hydrogens is 479 g/mol. The number of imidazole rings is 1. The lowest BCUT2D eigenvalue weighted by Gasteiger charge is -2.38. The first-order valence-electron chi connectivity index (χ1n) is 13.7. The highest BCUT2D eigenvalue weighted by Crippen LogP contribution is 2.34. The molecule has 0 spiro atoms. The van der Waals surface area contributed by atoms with E-state index >= 15 is 0 Å². The molecule has 1 aromatic carbocycles. The molecule has 5 heterocycles. The fourth-order valence-electron chi connectivity index (χ4n) is 6.13. The van der Waals surface area contributed by atoms with Gasteiger partial charge in [-0.25, -0.2) is 9.37 Å². The van der Waals surface area contributed by atoms with E-state index in [1.54, 1.807) is 6.20 Å². The van der Waals surface area contributed by atoms with E-state index in [0.29, 0.717) is 11.4 Å². The Balaban J connectivity index is 1.13. The van der Waals surface area contributed by atoms with E-state index in [4.69, 9.17) is 4.98 Å². The number of amides is 1. The smallest absolute Gasteiger partial charge is 0.225 e. The van der Waals surface area contributed by atoms with Crippen molar-refractivity contribution >= 4 is 16.9 Å². The summed E-state index contributed by atoms with van der Waals surface area (Å²) in [5.41, 5.74) is 4.79. The molecule has 0 saturated carbocycles. The van der Waals surface area contributed by atoms with Gasteiger partial charge in [0.15, 0.2) is 5.82 Å². The molecule has 38 heavy (non-hydrogen) atoms. The van der Waals surface area contributed by atoms with Crippen molar-refractivity contribution in [3.8, 4) is 11.5 Å². The number of piperidine rings is 2. The Labute approximate surface area is 222 Å². The predicted octanol–water partition coefficient (Wildman–Crippen LogP) is 4.96. The molecule has 0 N–H and O–H groups in total. The van der Waals surface area contributed by atoms with Crippen molar-refractivity contribution in [1.82, 2.24) is 28.9 Å². The van der Waals surface area contributed by atoms with Gasteiger partial charge in [0.2, 0.25) is 5.91 Å². The maximum Gasteiger partial charge on any atom is 0.225 e. The van der Waals surface area contributed by atoms with Gasteiger partial charge in [0.25, 0.3) is 0 Å². The monoisotopic (exact) mass is 514 g/mol. The third-order valence-electron chi connectivity index (χ3n) is 8.17. The van der Waals surface area contributed by atoms with Gasteiger partial charge >= 0.3 is 0 Å². The van der Waals surface area contributed by atoms with Gasteiger partial charge in [0, 0.05) is 63.3 Å². The van der Waals surface area contributed by atoms with Crippen LogP contribution in [0.25, 0.3) is 22.6 Å². The van der Waals surface area contributed by atoms with Crippen LogP contribution in [-0.2, 0) is 18.4 Å². The van der Waals surface area contributed by atoms with Crippen LogP contribution in [0.4, 0.5) is 4.39 Å². The average molecular weight is 515 g/mol. The Morgan fingerprint density at radius 2 is 1.82 bits per heavy atom. The number of pyridine rings is 1. The van der Waals surface area contributed by atoms with E-state index in [9.17, 15) is 9.18 Å². The van der Waals surface area contributed by atoms with E-state index in [2.05, 4.69) is 42.4 Å². The molecule has 2 aliphatic heterocycles. The Morgan fingerprint density at radius 1 is 1.03 bits per heavy atom. The number of carbonyl (C=O) groups excluding carboxylic acids is 1. The zero-order valence-electron chi connectivity index (χ0n) is 22.2. The molecule has 0 atom stereocenters. The van der Waals surface area contributed by atoms with Gasteiger partial charge in [-0.05, 0) is 87.2 Å². The highest BCUT2D eigenvalue weighted by molar-refractivity contribution is 5.81. The fourth-order valence-corrected chi connectivity index (χ4v) is 6.13. The average Bonchev–Trinajstić information content (AvgIpc) is 3.51. The number of halogens is 1. The third kappa shape index (κ3) is 4.97. The summed E-state index contributed by atoms with van der Waals surface area (Å²) in [6.07, 6.45) is 9.59. The number of benzene rings is 1.